The van der Waals surface area contributed by atoms with Crippen LogP contribution in [0.5, 0.6) is 11.5 Å². The molecule has 0 aliphatic carbocycles. The van der Waals surface area contributed by atoms with Crippen LogP contribution in [0, 0.1) is 0 Å². The van der Waals surface area contributed by atoms with Crippen molar-refractivity contribution in [2.45, 2.75) is 65.2 Å². The minimum Gasteiger partial charge on any atom is -0.497 e. The number of carbonyl (C=O) groups is 2. The molecule has 0 saturated heterocycles. The largest absolute Gasteiger partial charge is 0.497 e. The van der Waals surface area contributed by atoms with Gasteiger partial charge in [0.1, 0.15) is 11.5 Å². The topological polar surface area (TPSA) is 250 Å². The normalized spacial score (nSPS) is 11.6. The quantitative estimate of drug-likeness (QED) is 0.0308. The molecule has 0 bridgehead atoms. The van der Waals surface area contributed by atoms with Gasteiger partial charge in [-0.05, 0) is 49.2 Å². The molecule has 4 aromatic rings. The smallest absolute Gasteiger partial charge is 0.303 e. The minimum atomic E-state index is -1.08. The van der Waals surface area contributed by atoms with Crippen LogP contribution in [0.25, 0.3) is 21.8 Å². The van der Waals surface area contributed by atoms with E-state index in [2.05, 4.69) is 54.9 Å². The molecule has 16 heteroatoms. The number of aromatic nitrogens is 2. The lowest BCUT2D eigenvalue weighted by Crippen LogP contribution is -2.27. The Bertz CT molecular complexity index is 1660. The number of unbranched alkanes of at least 4 members (excludes halogenated alkanes) is 4. The van der Waals surface area contributed by atoms with E-state index in [0.717, 1.165) is 83.2 Å². The molecular weight excluding hydrogens is 668 g/mol. The molecule has 282 valence electrons. The summed E-state index contributed by atoms with van der Waals surface area (Å²) in [6, 6.07) is 11.7. The van der Waals surface area contributed by atoms with Gasteiger partial charge in [-0.2, -0.15) is 10.2 Å². The summed E-state index contributed by atoms with van der Waals surface area (Å²) >= 11 is 0. The Labute approximate surface area is 303 Å². The Balaban J connectivity index is 0.000000299. The Morgan fingerprint density at radius 2 is 1.12 bits per heavy atom. The highest BCUT2D eigenvalue weighted by molar-refractivity contribution is 6.00. The number of benzene rings is 2. The highest BCUT2D eigenvalue weighted by atomic mass is 16.5. The standard InChI is InChI=1S/2C16H23N5O.C4H6O4/c2*1-3-4-5-8-18-16(17)21-20-11-12-10-19-15-7-6-13(22-2)9-14(12)15;5-3(6)1-2-4(7)8/h2*6-7,9-11,19H,3-5,8H2,1-2H3,(H3,17,18,21);1-2H2,(H,5,6)(H,7,8)/b2*20-11+;. The molecular formula is C36H52N10O6. The number of methoxy groups -OCH3 is 2. The molecule has 0 aliphatic rings. The van der Waals surface area contributed by atoms with E-state index in [9.17, 15) is 9.59 Å². The molecule has 0 amide bonds. The molecule has 2 heterocycles. The molecule has 0 radical (unpaired) electrons. The molecule has 0 atom stereocenters. The van der Waals surface area contributed by atoms with Crippen molar-refractivity contribution in [3.8, 4) is 11.5 Å². The first-order valence-electron chi connectivity index (χ1n) is 17.0. The maximum atomic E-state index is 9.64. The average Bonchev–Trinajstić information content (AvgIpc) is 3.74. The zero-order valence-electron chi connectivity index (χ0n) is 30.3. The van der Waals surface area contributed by atoms with E-state index in [1.807, 2.05) is 48.8 Å². The monoisotopic (exact) mass is 720 g/mol. The van der Waals surface area contributed by atoms with Gasteiger partial charge in [0.15, 0.2) is 0 Å². The van der Waals surface area contributed by atoms with E-state index in [0.29, 0.717) is 11.9 Å². The van der Waals surface area contributed by atoms with Crippen molar-refractivity contribution in [1.29, 1.82) is 0 Å². The van der Waals surface area contributed by atoms with Crippen molar-refractivity contribution < 1.29 is 29.3 Å². The molecule has 0 unspecified atom stereocenters. The summed E-state index contributed by atoms with van der Waals surface area (Å²) in [7, 11) is 3.30. The van der Waals surface area contributed by atoms with Gasteiger partial charge in [-0.3, -0.25) is 19.6 Å². The number of nitrogens with one attached hydrogen (secondary N) is 4. The van der Waals surface area contributed by atoms with E-state index in [-0.39, 0.29) is 12.8 Å². The number of aliphatic imine (C=N–C) groups is 2. The van der Waals surface area contributed by atoms with Gasteiger partial charge in [0.25, 0.3) is 0 Å². The third-order valence-electron chi connectivity index (χ3n) is 7.25. The number of hydrogen-bond donors (Lipinski definition) is 8. The first kappa shape index (κ1) is 42.1. The summed E-state index contributed by atoms with van der Waals surface area (Å²) in [5, 5.41) is 26.1. The number of guanidine groups is 2. The van der Waals surface area contributed by atoms with Gasteiger partial charge in [0.05, 0.1) is 39.5 Å². The van der Waals surface area contributed by atoms with E-state index in [1.165, 1.54) is 12.8 Å². The van der Waals surface area contributed by atoms with Gasteiger partial charge in [0.2, 0.25) is 11.9 Å². The SMILES string of the molecule is CCCCCN=C(N)N/N=C/c1c[nH]c2ccc(OC)cc12.CCCCCN=C(N)N/N=C/c1c[nH]c2ccc(OC)cc12.O=C(O)CCC(=O)O. The van der Waals surface area contributed by atoms with Gasteiger partial charge >= 0.3 is 11.9 Å². The number of nitrogens with zero attached hydrogens (tertiary/aromatic N) is 4. The number of aliphatic carboxylic acids is 2. The number of hydrogen-bond acceptors (Lipinski definition) is 8. The maximum absolute atomic E-state index is 9.64. The van der Waals surface area contributed by atoms with Crippen molar-refractivity contribution in [2.75, 3.05) is 27.3 Å². The summed E-state index contributed by atoms with van der Waals surface area (Å²) in [6.07, 6.45) is 13.4. The average molecular weight is 721 g/mol. The lowest BCUT2D eigenvalue weighted by molar-refractivity contribution is -0.143. The number of rotatable bonds is 17. The van der Waals surface area contributed by atoms with Crippen molar-refractivity contribution in [3.05, 3.63) is 59.9 Å². The number of carboxylic acids is 2. The van der Waals surface area contributed by atoms with Crippen LogP contribution in [-0.2, 0) is 9.59 Å². The third-order valence-corrected chi connectivity index (χ3v) is 7.25. The van der Waals surface area contributed by atoms with Crippen LogP contribution in [0.15, 0.2) is 69.0 Å². The Morgan fingerprint density at radius 3 is 1.46 bits per heavy atom. The summed E-state index contributed by atoms with van der Waals surface area (Å²) in [6.45, 7) is 5.77. The Hall–Kier alpha value is -6.06. The number of aromatic amines is 2. The molecule has 0 spiro atoms. The molecule has 52 heavy (non-hydrogen) atoms. The fourth-order valence-electron chi connectivity index (χ4n) is 4.45. The fraction of sp³-hybridized carbons (Fsp3) is 0.389. The molecule has 2 aromatic carbocycles. The number of hydrazone groups is 2. The van der Waals surface area contributed by atoms with Crippen LogP contribution in [0.2, 0.25) is 0 Å². The Kier molecular flexibility index (Phi) is 19.6. The lowest BCUT2D eigenvalue weighted by atomic mass is 10.2. The van der Waals surface area contributed by atoms with E-state index < -0.39 is 11.9 Å². The van der Waals surface area contributed by atoms with E-state index in [4.69, 9.17) is 31.2 Å². The fourth-order valence-corrected chi connectivity index (χ4v) is 4.45. The highest BCUT2D eigenvalue weighted by Gasteiger charge is 2.04. The molecule has 0 saturated carbocycles. The van der Waals surface area contributed by atoms with Crippen molar-refractivity contribution >= 4 is 58.1 Å². The number of fused-ring (bicyclic) bond motifs is 2. The van der Waals surface area contributed by atoms with Crippen LogP contribution in [0.3, 0.4) is 0 Å². The predicted octanol–water partition coefficient (Wildman–Crippen LogP) is 5.15. The Morgan fingerprint density at radius 1 is 0.712 bits per heavy atom. The maximum Gasteiger partial charge on any atom is 0.303 e. The first-order valence-corrected chi connectivity index (χ1v) is 17.0. The number of ether oxygens (including phenoxy) is 2. The van der Waals surface area contributed by atoms with Gasteiger partial charge in [-0.15, -0.1) is 0 Å². The molecule has 4 rings (SSSR count). The highest BCUT2D eigenvalue weighted by Crippen LogP contribution is 2.23. The van der Waals surface area contributed by atoms with Crippen molar-refractivity contribution in [2.24, 2.45) is 31.7 Å². The molecule has 0 fully saturated rings. The van der Waals surface area contributed by atoms with Crippen LogP contribution >= 0.6 is 0 Å². The minimum absolute atomic E-state index is 0.296. The number of H-pyrrole nitrogens is 2. The van der Waals surface area contributed by atoms with Gasteiger partial charge in [-0.1, -0.05) is 39.5 Å². The molecule has 2 aromatic heterocycles. The van der Waals surface area contributed by atoms with E-state index in [1.54, 1.807) is 26.6 Å². The molecule has 0 aliphatic heterocycles. The zero-order chi connectivity index (χ0) is 38.1. The third kappa shape index (κ3) is 16.1. The summed E-state index contributed by atoms with van der Waals surface area (Å²) in [4.78, 5) is 34.1. The molecule has 16 nitrogen and oxygen atoms in total. The second kappa shape index (κ2) is 24.2. The first-order chi connectivity index (χ1) is 25.1. The zero-order valence-corrected chi connectivity index (χ0v) is 30.3. The van der Waals surface area contributed by atoms with Crippen molar-refractivity contribution in [1.82, 2.24) is 20.8 Å². The summed E-state index contributed by atoms with van der Waals surface area (Å²) in [5.41, 5.74) is 21.0. The molecule has 10 N–H and O–H groups in total. The van der Waals surface area contributed by atoms with E-state index >= 15 is 0 Å². The van der Waals surface area contributed by atoms with Crippen LogP contribution < -0.4 is 31.8 Å². The predicted molar refractivity (Wildman–Crippen MR) is 208 cm³/mol. The van der Waals surface area contributed by atoms with Gasteiger partial charge < -0.3 is 41.1 Å². The summed E-state index contributed by atoms with van der Waals surface area (Å²) in [5.74, 6) is 0.146. The lowest BCUT2D eigenvalue weighted by Gasteiger charge is -2.00. The van der Waals surface area contributed by atoms with Crippen LogP contribution in [0.4, 0.5) is 0 Å². The van der Waals surface area contributed by atoms with Crippen LogP contribution in [0.1, 0.15) is 76.3 Å². The number of carboxylic acid groups (broad SMARTS) is 2. The summed E-state index contributed by atoms with van der Waals surface area (Å²) < 4.78 is 10.5. The van der Waals surface area contributed by atoms with Gasteiger partial charge in [-0.25, -0.2) is 10.9 Å². The number of nitrogens with two attached hydrogens (primary N) is 2. The van der Waals surface area contributed by atoms with Gasteiger partial charge in [0, 0.05) is 58.4 Å². The van der Waals surface area contributed by atoms with Crippen LogP contribution in [-0.4, -0.2) is 83.8 Å². The second-order valence-electron chi connectivity index (χ2n) is 11.3. The second-order valence-corrected chi connectivity index (χ2v) is 11.3. The van der Waals surface area contributed by atoms with Crippen molar-refractivity contribution in [3.63, 3.8) is 0 Å².